The molecule has 2 fully saturated rings. The standard InChI is InChI=1S/C11H13N3O/c1-7-9-5-8(6-15)14(10(7)9)11-12-3-2-4-13-11/h2-4,6-10H,5H2,1H3. The maximum atomic E-state index is 11.0. The van der Waals surface area contributed by atoms with Crippen LogP contribution in [0.4, 0.5) is 5.95 Å². The van der Waals surface area contributed by atoms with Gasteiger partial charge in [-0.1, -0.05) is 6.92 Å². The molecule has 0 N–H and O–H groups in total. The number of anilines is 1. The molecule has 4 heteroatoms. The molecular weight excluding hydrogens is 190 g/mol. The number of carbonyl (C=O) groups excluding carboxylic acids is 1. The zero-order valence-corrected chi connectivity index (χ0v) is 8.58. The van der Waals surface area contributed by atoms with Gasteiger partial charge in [-0.15, -0.1) is 0 Å². The van der Waals surface area contributed by atoms with Crippen LogP contribution in [-0.2, 0) is 4.79 Å². The molecule has 1 saturated heterocycles. The second kappa shape index (κ2) is 3.02. The van der Waals surface area contributed by atoms with Gasteiger partial charge in [-0.3, -0.25) is 0 Å². The van der Waals surface area contributed by atoms with Crippen LogP contribution in [0.25, 0.3) is 0 Å². The lowest BCUT2D eigenvalue weighted by Crippen LogP contribution is -2.36. The highest BCUT2D eigenvalue weighted by atomic mass is 16.1. The van der Waals surface area contributed by atoms with Crippen LogP contribution in [-0.4, -0.2) is 28.3 Å². The minimum atomic E-state index is -0.0152. The van der Waals surface area contributed by atoms with Crippen molar-refractivity contribution in [1.82, 2.24) is 9.97 Å². The van der Waals surface area contributed by atoms with Crippen molar-refractivity contribution in [2.75, 3.05) is 4.90 Å². The number of rotatable bonds is 2. The van der Waals surface area contributed by atoms with Gasteiger partial charge in [0.05, 0.1) is 6.04 Å². The fourth-order valence-corrected chi connectivity index (χ4v) is 2.78. The van der Waals surface area contributed by atoms with E-state index in [-0.39, 0.29) is 6.04 Å². The van der Waals surface area contributed by atoms with Crippen molar-refractivity contribution in [1.29, 1.82) is 0 Å². The molecule has 4 atom stereocenters. The third kappa shape index (κ3) is 1.17. The summed E-state index contributed by atoms with van der Waals surface area (Å²) in [4.78, 5) is 21.5. The molecule has 1 aromatic rings. The number of hydrogen-bond donors (Lipinski definition) is 0. The van der Waals surface area contributed by atoms with Gasteiger partial charge in [-0.2, -0.15) is 0 Å². The Labute approximate surface area is 88.3 Å². The normalized spacial score (nSPS) is 37.5. The zero-order chi connectivity index (χ0) is 10.4. The highest BCUT2D eigenvalue weighted by Crippen LogP contribution is 2.53. The van der Waals surface area contributed by atoms with Gasteiger partial charge in [0, 0.05) is 18.4 Å². The molecule has 1 saturated carbocycles. The Morgan fingerprint density at radius 2 is 2.20 bits per heavy atom. The maximum Gasteiger partial charge on any atom is 0.226 e. The molecular formula is C11H13N3O. The first kappa shape index (κ1) is 8.83. The fourth-order valence-electron chi connectivity index (χ4n) is 2.78. The van der Waals surface area contributed by atoms with E-state index in [2.05, 4.69) is 21.8 Å². The molecule has 1 aliphatic heterocycles. The zero-order valence-electron chi connectivity index (χ0n) is 8.58. The largest absolute Gasteiger partial charge is 0.328 e. The molecule has 1 aliphatic carbocycles. The van der Waals surface area contributed by atoms with Crippen molar-refractivity contribution in [3.05, 3.63) is 18.5 Å². The summed E-state index contributed by atoms with van der Waals surface area (Å²) in [5.74, 6) is 2.06. The third-order valence-electron chi connectivity index (χ3n) is 3.64. The van der Waals surface area contributed by atoms with Gasteiger partial charge >= 0.3 is 0 Å². The van der Waals surface area contributed by atoms with E-state index in [0.29, 0.717) is 23.8 Å². The lowest BCUT2D eigenvalue weighted by Gasteiger charge is -2.24. The van der Waals surface area contributed by atoms with Gasteiger partial charge in [0.25, 0.3) is 0 Å². The second-order valence-electron chi connectivity index (χ2n) is 4.41. The molecule has 0 amide bonds. The van der Waals surface area contributed by atoms with Gasteiger partial charge in [0.1, 0.15) is 6.29 Å². The smallest absolute Gasteiger partial charge is 0.226 e. The number of aromatic nitrogens is 2. The third-order valence-corrected chi connectivity index (χ3v) is 3.64. The van der Waals surface area contributed by atoms with Crippen molar-refractivity contribution in [3.8, 4) is 0 Å². The first-order chi connectivity index (χ1) is 7.33. The summed E-state index contributed by atoms with van der Waals surface area (Å²) in [5.41, 5.74) is 0. The summed E-state index contributed by atoms with van der Waals surface area (Å²) in [6, 6.07) is 2.27. The van der Waals surface area contributed by atoms with Crippen LogP contribution in [0.1, 0.15) is 13.3 Å². The van der Waals surface area contributed by atoms with Crippen LogP contribution < -0.4 is 4.90 Å². The molecule has 2 heterocycles. The molecule has 15 heavy (non-hydrogen) atoms. The van der Waals surface area contributed by atoms with Gasteiger partial charge in [-0.05, 0) is 24.3 Å². The minimum absolute atomic E-state index is 0.0152. The lowest BCUT2D eigenvalue weighted by molar-refractivity contribution is -0.109. The van der Waals surface area contributed by atoms with E-state index in [0.717, 1.165) is 12.7 Å². The van der Waals surface area contributed by atoms with Gasteiger partial charge < -0.3 is 9.69 Å². The minimum Gasteiger partial charge on any atom is -0.328 e. The topological polar surface area (TPSA) is 46.1 Å². The lowest BCUT2D eigenvalue weighted by atomic mass is 10.1. The number of carbonyl (C=O) groups is 1. The molecule has 0 radical (unpaired) electrons. The van der Waals surface area contributed by atoms with Crippen LogP contribution in [0.3, 0.4) is 0 Å². The van der Waals surface area contributed by atoms with E-state index in [1.54, 1.807) is 18.5 Å². The summed E-state index contributed by atoms with van der Waals surface area (Å²) < 4.78 is 0. The van der Waals surface area contributed by atoms with Gasteiger partial charge in [0.2, 0.25) is 5.95 Å². The Morgan fingerprint density at radius 1 is 1.47 bits per heavy atom. The van der Waals surface area contributed by atoms with Crippen molar-refractivity contribution >= 4 is 12.2 Å². The summed E-state index contributed by atoms with van der Waals surface area (Å²) >= 11 is 0. The Bertz CT molecular complexity index is 381. The van der Waals surface area contributed by atoms with Crippen LogP contribution in [0.2, 0.25) is 0 Å². The predicted molar refractivity (Wildman–Crippen MR) is 55.4 cm³/mol. The van der Waals surface area contributed by atoms with E-state index in [1.807, 2.05) is 0 Å². The number of fused-ring (bicyclic) bond motifs is 1. The first-order valence-corrected chi connectivity index (χ1v) is 5.33. The Balaban J connectivity index is 1.93. The molecule has 0 aromatic carbocycles. The SMILES string of the molecule is CC1C2CC(C=O)N(c3ncccn3)C12. The average Bonchev–Trinajstić information content (AvgIpc) is 2.78. The average molecular weight is 203 g/mol. The number of nitrogens with zero attached hydrogens (tertiary/aromatic N) is 3. The molecule has 4 unspecified atom stereocenters. The van der Waals surface area contributed by atoms with Crippen LogP contribution in [0.15, 0.2) is 18.5 Å². The molecule has 2 aliphatic rings. The highest BCUT2D eigenvalue weighted by Gasteiger charge is 2.59. The monoisotopic (exact) mass is 203 g/mol. The van der Waals surface area contributed by atoms with Crippen molar-refractivity contribution < 1.29 is 4.79 Å². The Morgan fingerprint density at radius 3 is 2.87 bits per heavy atom. The van der Waals surface area contributed by atoms with E-state index in [9.17, 15) is 4.79 Å². The van der Waals surface area contributed by atoms with E-state index >= 15 is 0 Å². The van der Waals surface area contributed by atoms with Crippen LogP contribution in [0, 0.1) is 11.8 Å². The quantitative estimate of drug-likeness (QED) is 0.670. The summed E-state index contributed by atoms with van der Waals surface area (Å²) in [6.45, 7) is 2.23. The molecule has 0 spiro atoms. The van der Waals surface area contributed by atoms with Crippen LogP contribution >= 0.6 is 0 Å². The number of piperidine rings is 1. The van der Waals surface area contributed by atoms with Crippen molar-refractivity contribution in [3.63, 3.8) is 0 Å². The summed E-state index contributed by atoms with van der Waals surface area (Å²) in [6.07, 6.45) is 5.44. The first-order valence-electron chi connectivity index (χ1n) is 5.33. The van der Waals surface area contributed by atoms with E-state index in [1.165, 1.54) is 0 Å². The van der Waals surface area contributed by atoms with E-state index in [4.69, 9.17) is 0 Å². The van der Waals surface area contributed by atoms with Crippen molar-refractivity contribution in [2.45, 2.75) is 25.4 Å². The summed E-state index contributed by atoms with van der Waals surface area (Å²) in [5, 5.41) is 0. The van der Waals surface area contributed by atoms with Gasteiger partial charge in [0.15, 0.2) is 0 Å². The number of hydrogen-bond acceptors (Lipinski definition) is 4. The van der Waals surface area contributed by atoms with Gasteiger partial charge in [-0.25, -0.2) is 9.97 Å². The molecule has 1 aromatic heterocycles. The molecule has 4 nitrogen and oxygen atoms in total. The van der Waals surface area contributed by atoms with E-state index < -0.39 is 0 Å². The molecule has 78 valence electrons. The van der Waals surface area contributed by atoms with Crippen LogP contribution in [0.5, 0.6) is 0 Å². The Hall–Kier alpha value is -1.45. The number of aldehydes is 1. The van der Waals surface area contributed by atoms with Crippen molar-refractivity contribution in [2.24, 2.45) is 11.8 Å². The highest BCUT2D eigenvalue weighted by molar-refractivity contribution is 5.67. The summed E-state index contributed by atoms with van der Waals surface area (Å²) in [7, 11) is 0. The second-order valence-corrected chi connectivity index (χ2v) is 4.41. The maximum absolute atomic E-state index is 11.0. The fraction of sp³-hybridized carbons (Fsp3) is 0.545. The molecule has 3 rings (SSSR count). The molecule has 0 bridgehead atoms. The Kier molecular flexibility index (Phi) is 1.78. The predicted octanol–water partition coefficient (Wildman–Crippen LogP) is 0.889.